The number of nitrogens with zero attached hydrogens (tertiary/aromatic N) is 2. The van der Waals surface area contributed by atoms with Crippen LogP contribution in [-0.2, 0) is 0 Å². The van der Waals surface area contributed by atoms with Crippen molar-refractivity contribution in [2.24, 2.45) is 0 Å². The summed E-state index contributed by atoms with van der Waals surface area (Å²) in [5.74, 6) is 0.680. The first kappa shape index (κ1) is 26.7. The van der Waals surface area contributed by atoms with E-state index in [0.29, 0.717) is 5.82 Å². The molecule has 4 heterocycles. The maximum atomic E-state index is 6.49. The van der Waals surface area contributed by atoms with Gasteiger partial charge in [0.25, 0.3) is 0 Å². The third-order valence-corrected chi connectivity index (χ3v) is 10.9. The van der Waals surface area contributed by atoms with Crippen molar-refractivity contribution < 1.29 is 8.83 Å². The van der Waals surface area contributed by atoms with Crippen molar-refractivity contribution in [1.29, 1.82) is 0 Å². The Morgan fingerprint density at radius 2 is 1.12 bits per heavy atom. The fraction of sp³-hybridized carbons (Fsp3) is 0. The molecule has 0 radical (unpaired) electrons. The van der Waals surface area contributed by atoms with Crippen molar-refractivity contribution in [1.82, 2.24) is 9.97 Å². The Morgan fingerprint density at radius 1 is 0.449 bits per heavy atom. The van der Waals surface area contributed by atoms with Crippen molar-refractivity contribution in [2.75, 3.05) is 0 Å². The van der Waals surface area contributed by atoms with E-state index in [1.54, 1.807) is 11.3 Å². The molecule has 5 heteroatoms. The smallest absolute Gasteiger partial charge is 0.160 e. The van der Waals surface area contributed by atoms with Crippen LogP contribution in [0.1, 0.15) is 0 Å². The number of hydrogen-bond acceptors (Lipinski definition) is 5. The van der Waals surface area contributed by atoms with Gasteiger partial charge in [-0.1, -0.05) is 91.0 Å². The summed E-state index contributed by atoms with van der Waals surface area (Å²) < 4.78 is 14.9. The number of para-hydroxylation sites is 1. The molecule has 0 saturated heterocycles. The minimum absolute atomic E-state index is 0.680. The number of furan rings is 2. The van der Waals surface area contributed by atoms with Crippen molar-refractivity contribution in [3.8, 4) is 33.8 Å². The Hall–Kier alpha value is -6.30. The number of rotatable bonds is 3. The van der Waals surface area contributed by atoms with Crippen LogP contribution in [0.4, 0.5) is 0 Å². The zero-order valence-electron chi connectivity index (χ0n) is 26.0. The van der Waals surface area contributed by atoms with Gasteiger partial charge in [-0.05, 0) is 76.5 Å². The summed E-state index contributed by atoms with van der Waals surface area (Å²) in [6.45, 7) is 0. The van der Waals surface area contributed by atoms with Crippen molar-refractivity contribution in [3.63, 3.8) is 0 Å². The predicted molar refractivity (Wildman–Crippen MR) is 203 cm³/mol. The van der Waals surface area contributed by atoms with Gasteiger partial charge in [0.1, 0.15) is 22.3 Å². The summed E-state index contributed by atoms with van der Waals surface area (Å²) in [7, 11) is 0. The van der Waals surface area contributed by atoms with Crippen LogP contribution >= 0.6 is 11.3 Å². The highest BCUT2D eigenvalue weighted by atomic mass is 32.1. The summed E-state index contributed by atoms with van der Waals surface area (Å²) in [4.78, 5) is 10.6. The Bertz CT molecular complexity index is 3130. The van der Waals surface area contributed by atoms with E-state index in [4.69, 9.17) is 18.8 Å². The van der Waals surface area contributed by atoms with E-state index in [0.717, 1.165) is 81.9 Å². The number of fused-ring (bicyclic) bond motifs is 10. The molecule has 0 saturated carbocycles. The van der Waals surface area contributed by atoms with Crippen LogP contribution in [0.3, 0.4) is 0 Å². The third-order valence-electron chi connectivity index (χ3n) is 9.69. The summed E-state index contributed by atoms with van der Waals surface area (Å²) in [5, 5.41) is 7.84. The molecular formula is C44H24N2O2S. The number of benzene rings is 7. The lowest BCUT2D eigenvalue weighted by molar-refractivity contribution is 0.668. The normalized spacial score (nSPS) is 12.1. The van der Waals surface area contributed by atoms with Crippen molar-refractivity contribution in [2.45, 2.75) is 0 Å². The molecule has 0 bridgehead atoms. The number of aromatic nitrogens is 2. The molecule has 49 heavy (non-hydrogen) atoms. The van der Waals surface area contributed by atoms with Crippen molar-refractivity contribution in [3.05, 3.63) is 146 Å². The summed E-state index contributed by atoms with van der Waals surface area (Å²) >= 11 is 1.74. The zero-order valence-corrected chi connectivity index (χ0v) is 26.8. The molecule has 0 fully saturated rings. The van der Waals surface area contributed by atoms with Crippen LogP contribution in [0.5, 0.6) is 0 Å². The average Bonchev–Trinajstić information content (AvgIpc) is 3.85. The quantitative estimate of drug-likeness (QED) is 0.192. The molecule has 0 aliphatic heterocycles. The monoisotopic (exact) mass is 644 g/mol. The Labute approximate surface area is 283 Å². The summed E-state index contributed by atoms with van der Waals surface area (Å²) in [5.41, 5.74) is 9.57. The first-order valence-electron chi connectivity index (χ1n) is 16.3. The van der Waals surface area contributed by atoms with Crippen LogP contribution in [-0.4, -0.2) is 9.97 Å². The van der Waals surface area contributed by atoms with E-state index in [-0.39, 0.29) is 0 Å². The van der Waals surface area contributed by atoms with Gasteiger partial charge in [0, 0.05) is 42.8 Å². The van der Waals surface area contributed by atoms with E-state index in [2.05, 4.69) is 121 Å². The molecule has 0 atom stereocenters. The second-order valence-electron chi connectivity index (χ2n) is 12.5. The molecule has 4 aromatic heterocycles. The molecule has 11 rings (SSSR count). The average molecular weight is 645 g/mol. The number of thiophene rings is 1. The third kappa shape index (κ3) is 4.03. The second-order valence-corrected chi connectivity index (χ2v) is 13.6. The van der Waals surface area contributed by atoms with Crippen LogP contribution < -0.4 is 0 Å². The maximum Gasteiger partial charge on any atom is 0.160 e. The highest BCUT2D eigenvalue weighted by Gasteiger charge is 2.21. The minimum Gasteiger partial charge on any atom is -0.456 e. The minimum atomic E-state index is 0.680. The predicted octanol–water partition coefficient (Wildman–Crippen LogP) is 12.8. The van der Waals surface area contributed by atoms with Gasteiger partial charge in [-0.15, -0.1) is 11.3 Å². The molecule has 0 amide bonds. The van der Waals surface area contributed by atoms with Crippen LogP contribution in [0.2, 0.25) is 0 Å². The van der Waals surface area contributed by atoms with E-state index < -0.39 is 0 Å². The highest BCUT2D eigenvalue weighted by molar-refractivity contribution is 7.26. The molecule has 0 aliphatic carbocycles. The first-order valence-corrected chi connectivity index (χ1v) is 17.1. The van der Waals surface area contributed by atoms with Crippen molar-refractivity contribution >= 4 is 86.3 Å². The number of hydrogen-bond donors (Lipinski definition) is 0. The maximum absolute atomic E-state index is 6.49. The fourth-order valence-corrected chi connectivity index (χ4v) is 8.49. The second kappa shape index (κ2) is 10.1. The van der Waals surface area contributed by atoms with E-state index in [9.17, 15) is 0 Å². The topological polar surface area (TPSA) is 52.1 Å². The molecular weight excluding hydrogens is 621 g/mol. The largest absolute Gasteiger partial charge is 0.456 e. The Balaban J connectivity index is 1.18. The lowest BCUT2D eigenvalue weighted by Crippen LogP contribution is -1.94. The van der Waals surface area contributed by atoms with Crippen LogP contribution in [0, 0.1) is 0 Å². The molecule has 0 spiro atoms. The zero-order chi connectivity index (χ0) is 32.1. The van der Waals surface area contributed by atoms with E-state index in [1.165, 1.54) is 21.0 Å². The van der Waals surface area contributed by atoms with Gasteiger partial charge >= 0.3 is 0 Å². The van der Waals surface area contributed by atoms with Gasteiger partial charge in [-0.25, -0.2) is 9.97 Å². The van der Waals surface area contributed by atoms with Crippen LogP contribution in [0.15, 0.2) is 154 Å². The lowest BCUT2D eigenvalue weighted by atomic mass is 9.98. The lowest BCUT2D eigenvalue weighted by Gasteiger charge is -2.09. The van der Waals surface area contributed by atoms with Gasteiger partial charge < -0.3 is 8.83 Å². The summed E-state index contributed by atoms with van der Waals surface area (Å²) in [6.07, 6.45) is 0. The molecule has 11 aromatic rings. The van der Waals surface area contributed by atoms with Gasteiger partial charge in [0.05, 0.1) is 15.9 Å². The van der Waals surface area contributed by atoms with Gasteiger partial charge in [-0.2, -0.15) is 0 Å². The molecule has 0 unspecified atom stereocenters. The molecule has 4 nitrogen and oxygen atoms in total. The Kier molecular flexibility index (Phi) is 5.51. The first-order chi connectivity index (χ1) is 24.2. The van der Waals surface area contributed by atoms with E-state index in [1.807, 2.05) is 24.3 Å². The molecule has 228 valence electrons. The highest BCUT2D eigenvalue weighted by Crippen LogP contribution is 2.44. The van der Waals surface area contributed by atoms with Gasteiger partial charge in [0.15, 0.2) is 5.82 Å². The molecule has 0 aliphatic rings. The summed E-state index contributed by atoms with van der Waals surface area (Å²) in [6, 6.07) is 50.8. The standard InChI is InChI=1S/C44H24N2O2S/c1-2-9-26-22-27(17-16-25(26)8-1)28-18-20-37-34(23-28)40-32(12-7-14-38(40)48-37)42-43-41(31-11-4-6-15-39(31)49-43)45-44(46-42)29-19-21-36-33(24-29)30-10-3-5-13-35(30)47-36/h1-24H. The fourth-order valence-electron chi connectivity index (χ4n) is 7.34. The molecule has 0 N–H and O–H groups in total. The van der Waals surface area contributed by atoms with Gasteiger partial charge in [0.2, 0.25) is 0 Å². The van der Waals surface area contributed by atoms with E-state index >= 15 is 0 Å². The Morgan fingerprint density at radius 3 is 2.06 bits per heavy atom. The van der Waals surface area contributed by atoms with Crippen LogP contribution in [0.25, 0.3) is 109 Å². The molecule has 7 aromatic carbocycles. The van der Waals surface area contributed by atoms with Gasteiger partial charge in [-0.3, -0.25) is 0 Å². The SMILES string of the molecule is c1ccc2cc(-c3ccc4oc5cccc(-c6nc(-c7ccc8oc9ccccc9c8c7)nc7c6sc6ccccc67)c5c4c3)ccc2c1.